The number of hydrogen-bond acceptors (Lipinski definition) is 7. The van der Waals surface area contributed by atoms with Crippen LogP contribution in [0, 0.1) is 6.92 Å². The molecule has 0 saturated carbocycles. The Bertz CT molecular complexity index is 1230. The first-order chi connectivity index (χ1) is 14.5. The standard InChI is InChI=1S/C22H25N7O/c1-13-9-28(10-14(2)24-13)17-5-6-18-16(7-17)8-23-20(26-18)19-12-29-11-15(3)25-21(29)22(27-19)30-4/h5-8,11-14,24H,9-10H2,1-4H3. The van der Waals surface area contributed by atoms with Crippen molar-refractivity contribution in [3.8, 4) is 17.4 Å². The molecule has 1 aromatic carbocycles. The van der Waals surface area contributed by atoms with Crippen molar-refractivity contribution in [1.29, 1.82) is 0 Å². The molecular weight excluding hydrogens is 378 g/mol. The van der Waals surface area contributed by atoms with Gasteiger partial charge in [-0.2, -0.15) is 0 Å². The molecule has 0 radical (unpaired) electrons. The van der Waals surface area contributed by atoms with Gasteiger partial charge in [0.1, 0.15) is 5.69 Å². The van der Waals surface area contributed by atoms with Crippen molar-refractivity contribution >= 4 is 22.2 Å². The number of hydrogen-bond donors (Lipinski definition) is 1. The van der Waals surface area contributed by atoms with Crippen molar-refractivity contribution in [3.05, 3.63) is 42.5 Å². The largest absolute Gasteiger partial charge is 0.478 e. The SMILES string of the molecule is COc1nc(-c2ncc3cc(N4CC(C)NC(C)C4)ccc3n2)cn2cc(C)nc12. The average Bonchev–Trinajstić information content (AvgIpc) is 3.11. The Hall–Kier alpha value is -3.26. The Labute approximate surface area is 175 Å². The minimum absolute atomic E-state index is 0.460. The van der Waals surface area contributed by atoms with Crippen molar-refractivity contribution in [1.82, 2.24) is 29.7 Å². The van der Waals surface area contributed by atoms with E-state index in [-0.39, 0.29) is 0 Å². The van der Waals surface area contributed by atoms with Crippen LogP contribution in [0.1, 0.15) is 19.5 Å². The smallest absolute Gasteiger partial charge is 0.258 e. The molecule has 4 aromatic rings. The van der Waals surface area contributed by atoms with Gasteiger partial charge < -0.3 is 15.0 Å². The first-order valence-electron chi connectivity index (χ1n) is 10.2. The molecule has 154 valence electrons. The summed E-state index contributed by atoms with van der Waals surface area (Å²) in [7, 11) is 1.59. The highest BCUT2D eigenvalue weighted by molar-refractivity contribution is 5.83. The quantitative estimate of drug-likeness (QED) is 0.563. The first-order valence-corrected chi connectivity index (χ1v) is 10.2. The van der Waals surface area contributed by atoms with Crippen LogP contribution in [0.3, 0.4) is 0 Å². The van der Waals surface area contributed by atoms with E-state index in [4.69, 9.17) is 9.72 Å². The van der Waals surface area contributed by atoms with Crippen molar-refractivity contribution in [3.63, 3.8) is 0 Å². The van der Waals surface area contributed by atoms with Crippen LogP contribution >= 0.6 is 0 Å². The van der Waals surface area contributed by atoms with Crippen LogP contribution in [0.4, 0.5) is 5.69 Å². The van der Waals surface area contributed by atoms with Crippen LogP contribution in [0.2, 0.25) is 0 Å². The van der Waals surface area contributed by atoms with Gasteiger partial charge in [-0.25, -0.2) is 19.9 Å². The number of imidazole rings is 1. The van der Waals surface area contributed by atoms with E-state index in [1.165, 1.54) is 5.69 Å². The summed E-state index contributed by atoms with van der Waals surface area (Å²) in [5, 5.41) is 4.59. The highest BCUT2D eigenvalue weighted by Crippen LogP contribution is 2.26. The Kier molecular flexibility index (Phi) is 4.51. The molecule has 5 rings (SSSR count). The molecule has 1 aliphatic heterocycles. The summed E-state index contributed by atoms with van der Waals surface area (Å²) < 4.78 is 7.33. The summed E-state index contributed by atoms with van der Waals surface area (Å²) in [5.41, 5.74) is 4.32. The van der Waals surface area contributed by atoms with Gasteiger partial charge in [0.2, 0.25) is 5.65 Å². The summed E-state index contributed by atoms with van der Waals surface area (Å²) in [6, 6.07) is 7.29. The second-order valence-corrected chi connectivity index (χ2v) is 8.06. The Morgan fingerprint density at radius 2 is 1.87 bits per heavy atom. The highest BCUT2D eigenvalue weighted by Gasteiger charge is 2.21. The highest BCUT2D eigenvalue weighted by atomic mass is 16.5. The molecule has 0 spiro atoms. The molecule has 30 heavy (non-hydrogen) atoms. The van der Waals surface area contributed by atoms with Crippen LogP contribution in [0.15, 0.2) is 36.8 Å². The number of benzene rings is 1. The summed E-state index contributed by atoms with van der Waals surface area (Å²) >= 11 is 0. The number of nitrogens with zero attached hydrogens (tertiary/aromatic N) is 6. The molecule has 1 aliphatic rings. The number of ether oxygens (including phenoxy) is 1. The van der Waals surface area contributed by atoms with Gasteiger partial charge >= 0.3 is 0 Å². The number of nitrogens with one attached hydrogen (secondary N) is 1. The van der Waals surface area contributed by atoms with Gasteiger partial charge in [0.05, 0.1) is 18.3 Å². The second kappa shape index (κ2) is 7.21. The first kappa shape index (κ1) is 18.7. The minimum atomic E-state index is 0.460. The van der Waals surface area contributed by atoms with Crippen LogP contribution in [-0.4, -0.2) is 56.6 Å². The van der Waals surface area contributed by atoms with E-state index in [1.807, 2.05) is 29.9 Å². The molecule has 2 unspecified atom stereocenters. The maximum absolute atomic E-state index is 5.43. The molecule has 0 amide bonds. The third-order valence-corrected chi connectivity index (χ3v) is 5.44. The number of piperazine rings is 1. The fraction of sp³-hybridized carbons (Fsp3) is 0.364. The lowest BCUT2D eigenvalue weighted by Crippen LogP contribution is -2.54. The molecule has 2 atom stereocenters. The molecule has 1 saturated heterocycles. The van der Waals surface area contributed by atoms with Crippen LogP contribution in [-0.2, 0) is 0 Å². The third kappa shape index (κ3) is 3.33. The average molecular weight is 403 g/mol. The number of fused-ring (bicyclic) bond motifs is 2. The summed E-state index contributed by atoms with van der Waals surface area (Å²) in [6.45, 7) is 8.36. The zero-order valence-corrected chi connectivity index (χ0v) is 17.6. The Morgan fingerprint density at radius 1 is 1.07 bits per heavy atom. The zero-order chi connectivity index (χ0) is 20.8. The molecule has 0 bridgehead atoms. The van der Waals surface area contributed by atoms with E-state index in [2.05, 4.69) is 57.2 Å². The van der Waals surface area contributed by atoms with E-state index < -0.39 is 0 Å². The topological polar surface area (TPSA) is 80.5 Å². The number of aryl methyl sites for hydroxylation is 1. The van der Waals surface area contributed by atoms with Crippen molar-refractivity contribution in [2.45, 2.75) is 32.9 Å². The van der Waals surface area contributed by atoms with Crippen LogP contribution < -0.4 is 15.0 Å². The number of methoxy groups -OCH3 is 1. The summed E-state index contributed by atoms with van der Waals surface area (Å²) in [5.74, 6) is 1.02. The van der Waals surface area contributed by atoms with Crippen molar-refractivity contribution in [2.75, 3.05) is 25.1 Å². The van der Waals surface area contributed by atoms with Gasteiger partial charge in [0.25, 0.3) is 5.88 Å². The predicted octanol–water partition coefficient (Wildman–Crippen LogP) is 2.84. The molecule has 1 N–H and O–H groups in total. The van der Waals surface area contributed by atoms with Gasteiger partial charge in [-0.3, -0.25) is 4.40 Å². The molecule has 8 heteroatoms. The van der Waals surface area contributed by atoms with Gasteiger partial charge in [-0.15, -0.1) is 0 Å². The maximum Gasteiger partial charge on any atom is 0.258 e. The lowest BCUT2D eigenvalue weighted by atomic mass is 10.1. The maximum atomic E-state index is 5.43. The molecule has 4 heterocycles. The fourth-order valence-corrected chi connectivity index (χ4v) is 4.22. The van der Waals surface area contributed by atoms with Crippen molar-refractivity contribution < 1.29 is 4.74 Å². The van der Waals surface area contributed by atoms with Crippen LogP contribution in [0.25, 0.3) is 28.1 Å². The van der Waals surface area contributed by atoms with E-state index in [1.54, 1.807) is 7.11 Å². The number of aromatic nitrogens is 5. The molecule has 0 aliphatic carbocycles. The van der Waals surface area contributed by atoms with Crippen molar-refractivity contribution in [2.24, 2.45) is 0 Å². The van der Waals surface area contributed by atoms with Gasteiger partial charge in [0.15, 0.2) is 5.82 Å². The van der Waals surface area contributed by atoms with Gasteiger partial charge in [0, 0.05) is 54.8 Å². The van der Waals surface area contributed by atoms with Gasteiger partial charge in [-0.1, -0.05) is 0 Å². The number of anilines is 1. The minimum Gasteiger partial charge on any atom is -0.478 e. The predicted molar refractivity (Wildman–Crippen MR) is 117 cm³/mol. The Balaban J connectivity index is 1.52. The van der Waals surface area contributed by atoms with Gasteiger partial charge in [-0.05, 0) is 39.0 Å². The van der Waals surface area contributed by atoms with E-state index in [0.717, 1.165) is 29.7 Å². The summed E-state index contributed by atoms with van der Waals surface area (Å²) in [4.78, 5) is 20.8. The second-order valence-electron chi connectivity index (χ2n) is 8.06. The molecule has 3 aromatic heterocycles. The lowest BCUT2D eigenvalue weighted by Gasteiger charge is -2.37. The zero-order valence-electron chi connectivity index (χ0n) is 17.6. The monoisotopic (exact) mass is 403 g/mol. The molecular formula is C22H25N7O. The van der Waals surface area contributed by atoms with E-state index in [9.17, 15) is 0 Å². The normalized spacial score (nSPS) is 19.5. The lowest BCUT2D eigenvalue weighted by molar-refractivity contribution is 0.400. The Morgan fingerprint density at radius 3 is 2.63 bits per heavy atom. The van der Waals surface area contributed by atoms with E-state index in [0.29, 0.717) is 35.1 Å². The third-order valence-electron chi connectivity index (χ3n) is 5.44. The van der Waals surface area contributed by atoms with Crippen LogP contribution in [0.5, 0.6) is 5.88 Å². The number of rotatable bonds is 3. The molecule has 8 nitrogen and oxygen atoms in total. The fourth-order valence-electron chi connectivity index (χ4n) is 4.22. The molecule has 1 fully saturated rings. The van der Waals surface area contributed by atoms with E-state index >= 15 is 0 Å². The summed E-state index contributed by atoms with van der Waals surface area (Å²) in [6.07, 6.45) is 5.69.